The molecule has 2 aromatic heterocycles. The van der Waals surface area contributed by atoms with Crippen LogP contribution in [0.3, 0.4) is 0 Å². The highest BCUT2D eigenvalue weighted by Gasteiger charge is 2.48. The first-order chi connectivity index (χ1) is 13.7. The Morgan fingerprint density at radius 1 is 1.24 bits per heavy atom. The van der Waals surface area contributed by atoms with Crippen LogP contribution in [0.25, 0.3) is 0 Å². The van der Waals surface area contributed by atoms with Gasteiger partial charge in [0, 0.05) is 13.1 Å². The molecule has 9 heteroatoms. The van der Waals surface area contributed by atoms with Crippen LogP contribution in [0.5, 0.6) is 0 Å². The van der Waals surface area contributed by atoms with Gasteiger partial charge in [-0.15, -0.1) is 0 Å². The predicted octanol–water partition coefficient (Wildman–Crippen LogP) is 1.52. The standard InChI is InChI=1S/C20H26N6O3/c1-11-8-25(9-12(2)29-11)15-6-5-13(7-22-15)26-18-16(20(3,4)19(26)28)17(21)23-14(10-27)24-18/h5-7,11-12,27H,8-10H2,1-4H3,(H2,21,23,24)/t11-,12+. The average molecular weight is 398 g/mol. The van der Waals surface area contributed by atoms with Crippen LogP contribution in [0.4, 0.5) is 23.1 Å². The zero-order valence-corrected chi connectivity index (χ0v) is 17.1. The summed E-state index contributed by atoms with van der Waals surface area (Å²) in [6, 6.07) is 3.75. The van der Waals surface area contributed by atoms with Gasteiger partial charge in [0.05, 0.1) is 35.1 Å². The molecule has 0 radical (unpaired) electrons. The Morgan fingerprint density at radius 2 is 1.93 bits per heavy atom. The predicted molar refractivity (Wildman–Crippen MR) is 109 cm³/mol. The molecule has 9 nitrogen and oxygen atoms in total. The third kappa shape index (κ3) is 3.20. The Kier molecular flexibility index (Phi) is 4.66. The second kappa shape index (κ2) is 6.93. The van der Waals surface area contributed by atoms with Gasteiger partial charge in [-0.25, -0.2) is 15.0 Å². The molecular weight excluding hydrogens is 372 g/mol. The molecule has 1 fully saturated rings. The van der Waals surface area contributed by atoms with Crippen molar-refractivity contribution in [2.75, 3.05) is 28.6 Å². The van der Waals surface area contributed by atoms with Crippen molar-refractivity contribution in [3.63, 3.8) is 0 Å². The first kappa shape index (κ1) is 19.5. The summed E-state index contributed by atoms with van der Waals surface area (Å²) in [6.07, 6.45) is 1.93. The summed E-state index contributed by atoms with van der Waals surface area (Å²) in [6.45, 7) is 8.85. The van der Waals surface area contributed by atoms with Crippen LogP contribution in [0.15, 0.2) is 18.3 Å². The van der Waals surface area contributed by atoms with Crippen molar-refractivity contribution in [2.24, 2.45) is 0 Å². The molecule has 1 amide bonds. The number of anilines is 4. The molecule has 154 valence electrons. The monoisotopic (exact) mass is 398 g/mol. The van der Waals surface area contributed by atoms with Gasteiger partial charge in [-0.2, -0.15) is 0 Å². The van der Waals surface area contributed by atoms with Crippen molar-refractivity contribution in [1.29, 1.82) is 0 Å². The lowest BCUT2D eigenvalue weighted by molar-refractivity contribution is -0.121. The SMILES string of the molecule is C[C@@H]1CN(c2ccc(N3C(=O)C(C)(C)c4c(N)nc(CO)nc43)cn2)C[C@H](C)O1. The molecule has 0 unspecified atom stereocenters. The van der Waals surface area contributed by atoms with E-state index in [1.807, 2.05) is 26.0 Å². The Morgan fingerprint density at radius 3 is 2.52 bits per heavy atom. The second-order valence-electron chi connectivity index (χ2n) is 8.18. The summed E-state index contributed by atoms with van der Waals surface area (Å²) in [5.41, 5.74) is 6.39. The van der Waals surface area contributed by atoms with Gasteiger partial charge in [0.25, 0.3) is 0 Å². The lowest BCUT2D eigenvalue weighted by atomic mass is 9.87. The van der Waals surface area contributed by atoms with Gasteiger partial charge in [0.15, 0.2) is 5.82 Å². The van der Waals surface area contributed by atoms with Crippen LogP contribution in [-0.4, -0.2) is 51.3 Å². The summed E-state index contributed by atoms with van der Waals surface area (Å²) < 4.78 is 5.78. The molecule has 2 aromatic rings. The quantitative estimate of drug-likeness (QED) is 0.799. The van der Waals surface area contributed by atoms with Gasteiger partial charge in [0.2, 0.25) is 5.91 Å². The minimum atomic E-state index is -0.874. The molecule has 2 aliphatic heterocycles. The van der Waals surface area contributed by atoms with Gasteiger partial charge >= 0.3 is 0 Å². The molecule has 2 atom stereocenters. The fourth-order valence-corrected chi connectivity index (χ4v) is 4.13. The third-order valence-corrected chi connectivity index (χ3v) is 5.41. The maximum Gasteiger partial charge on any atom is 0.243 e. The summed E-state index contributed by atoms with van der Waals surface area (Å²) in [7, 11) is 0. The van der Waals surface area contributed by atoms with E-state index in [-0.39, 0.29) is 36.4 Å². The number of morpholine rings is 1. The van der Waals surface area contributed by atoms with E-state index in [0.29, 0.717) is 17.1 Å². The number of rotatable bonds is 3. The van der Waals surface area contributed by atoms with E-state index < -0.39 is 5.41 Å². The number of carbonyl (C=O) groups is 1. The zero-order valence-electron chi connectivity index (χ0n) is 17.1. The molecule has 4 rings (SSSR count). The Hall–Kier alpha value is -2.78. The molecule has 0 aliphatic carbocycles. The van der Waals surface area contributed by atoms with Crippen LogP contribution in [0.1, 0.15) is 39.1 Å². The fraction of sp³-hybridized carbons (Fsp3) is 0.500. The average Bonchev–Trinajstić information content (AvgIpc) is 2.87. The van der Waals surface area contributed by atoms with E-state index in [2.05, 4.69) is 19.9 Å². The van der Waals surface area contributed by atoms with Crippen molar-refractivity contribution >= 4 is 29.0 Å². The van der Waals surface area contributed by atoms with Crippen LogP contribution in [-0.2, 0) is 21.6 Å². The lowest BCUT2D eigenvalue weighted by Crippen LogP contribution is -2.45. The van der Waals surface area contributed by atoms with Crippen molar-refractivity contribution in [1.82, 2.24) is 15.0 Å². The molecule has 3 N–H and O–H groups in total. The normalized spacial score (nSPS) is 23.4. The number of aliphatic hydroxyl groups excluding tert-OH is 1. The molecule has 29 heavy (non-hydrogen) atoms. The number of fused-ring (bicyclic) bond motifs is 1. The highest BCUT2D eigenvalue weighted by atomic mass is 16.5. The maximum absolute atomic E-state index is 13.2. The number of pyridine rings is 1. The highest BCUT2D eigenvalue weighted by Crippen LogP contribution is 2.46. The largest absolute Gasteiger partial charge is 0.388 e. The number of carbonyl (C=O) groups excluding carboxylic acids is 1. The minimum absolute atomic E-state index is 0.129. The number of ether oxygens (including phenoxy) is 1. The van der Waals surface area contributed by atoms with E-state index in [1.165, 1.54) is 4.90 Å². The smallest absolute Gasteiger partial charge is 0.243 e. The summed E-state index contributed by atoms with van der Waals surface area (Å²) in [5.74, 6) is 1.46. The first-order valence-electron chi connectivity index (χ1n) is 9.71. The topological polar surface area (TPSA) is 118 Å². The molecule has 4 heterocycles. The van der Waals surface area contributed by atoms with E-state index in [1.54, 1.807) is 20.0 Å². The van der Waals surface area contributed by atoms with E-state index >= 15 is 0 Å². The number of hydrogen-bond acceptors (Lipinski definition) is 8. The van der Waals surface area contributed by atoms with Crippen LogP contribution < -0.4 is 15.5 Å². The molecule has 0 spiro atoms. The highest BCUT2D eigenvalue weighted by molar-refractivity contribution is 6.12. The first-order valence-corrected chi connectivity index (χ1v) is 9.71. The Bertz CT molecular complexity index is 936. The zero-order chi connectivity index (χ0) is 20.9. The molecular formula is C20H26N6O3. The Balaban J connectivity index is 1.71. The second-order valence-corrected chi connectivity index (χ2v) is 8.18. The van der Waals surface area contributed by atoms with Crippen molar-refractivity contribution in [2.45, 2.75) is 51.9 Å². The lowest BCUT2D eigenvalue weighted by Gasteiger charge is -2.36. The van der Waals surface area contributed by atoms with Gasteiger partial charge in [-0.3, -0.25) is 9.69 Å². The van der Waals surface area contributed by atoms with Crippen molar-refractivity contribution in [3.05, 3.63) is 29.7 Å². The minimum Gasteiger partial charge on any atom is -0.388 e. The number of amides is 1. The van der Waals surface area contributed by atoms with Gasteiger partial charge in [0.1, 0.15) is 24.1 Å². The van der Waals surface area contributed by atoms with E-state index in [0.717, 1.165) is 18.9 Å². The number of aliphatic hydroxyl groups is 1. The van der Waals surface area contributed by atoms with Gasteiger partial charge in [-0.1, -0.05) is 0 Å². The number of nitrogens with zero attached hydrogens (tertiary/aromatic N) is 5. The molecule has 0 saturated carbocycles. The number of hydrogen-bond donors (Lipinski definition) is 2. The van der Waals surface area contributed by atoms with Crippen molar-refractivity contribution in [3.8, 4) is 0 Å². The summed E-state index contributed by atoms with van der Waals surface area (Å²) >= 11 is 0. The maximum atomic E-state index is 13.2. The van der Waals surface area contributed by atoms with Crippen LogP contribution in [0, 0.1) is 0 Å². The number of nitrogens with two attached hydrogens (primary N) is 1. The molecule has 2 aliphatic rings. The van der Waals surface area contributed by atoms with Crippen LogP contribution >= 0.6 is 0 Å². The molecule has 0 bridgehead atoms. The molecule has 0 aromatic carbocycles. The summed E-state index contributed by atoms with van der Waals surface area (Å²) in [4.78, 5) is 30.0. The van der Waals surface area contributed by atoms with E-state index in [9.17, 15) is 9.90 Å². The third-order valence-electron chi connectivity index (χ3n) is 5.41. The van der Waals surface area contributed by atoms with Gasteiger partial charge in [-0.05, 0) is 39.8 Å². The van der Waals surface area contributed by atoms with Gasteiger partial charge < -0.3 is 20.5 Å². The summed E-state index contributed by atoms with van der Waals surface area (Å²) in [5, 5.41) is 9.46. The fourth-order valence-electron chi connectivity index (χ4n) is 4.13. The number of aromatic nitrogens is 3. The Labute approximate surface area is 169 Å². The number of nitrogen functional groups attached to an aromatic ring is 1. The van der Waals surface area contributed by atoms with Crippen LogP contribution in [0.2, 0.25) is 0 Å². The van der Waals surface area contributed by atoms with E-state index in [4.69, 9.17) is 10.5 Å². The molecule has 1 saturated heterocycles. The van der Waals surface area contributed by atoms with Crippen molar-refractivity contribution < 1.29 is 14.6 Å².